The van der Waals surface area contributed by atoms with Crippen LogP contribution in [0.3, 0.4) is 0 Å². The third kappa shape index (κ3) is 12.5. The quantitative estimate of drug-likeness (QED) is 0.596. The largest absolute Gasteiger partial charge is 2.00 e. The van der Waals surface area contributed by atoms with E-state index in [0.717, 1.165) is 12.8 Å². The minimum Gasteiger partial charge on any atom is -0.676 e. The number of nitrogens with one attached hydrogen (secondary N) is 2. The molecule has 14 heavy (non-hydrogen) atoms. The van der Waals surface area contributed by atoms with Crippen molar-refractivity contribution in [3.63, 3.8) is 0 Å². The van der Waals surface area contributed by atoms with E-state index in [0.29, 0.717) is 0 Å². The van der Waals surface area contributed by atoms with E-state index in [1.807, 2.05) is 0 Å². The Morgan fingerprint density at radius 2 is 1.21 bits per heavy atom. The zero-order valence-electron chi connectivity index (χ0n) is 7.42. The van der Waals surface area contributed by atoms with Gasteiger partial charge in [-0.2, -0.15) is 20.5 Å². The van der Waals surface area contributed by atoms with Gasteiger partial charge in [-0.25, -0.2) is 0 Å². The molecule has 0 aromatic carbocycles. The maximum Gasteiger partial charge on any atom is 2.00 e. The molecule has 0 heterocycles. The molecule has 1 aliphatic carbocycles. The molecule has 0 aromatic rings. The monoisotopic (exact) mass is 405 g/mol. The summed E-state index contributed by atoms with van der Waals surface area (Å²) in [6.07, 6.45) is 4.25. The fourth-order valence-electron chi connectivity index (χ4n) is 1.13. The van der Waals surface area contributed by atoms with Crippen molar-refractivity contribution in [1.82, 2.24) is 0 Å². The second-order valence-corrected chi connectivity index (χ2v) is 3.84. The third-order valence-corrected chi connectivity index (χ3v) is 1.77. The first-order valence-electron chi connectivity index (χ1n) is 3.93. The van der Waals surface area contributed by atoms with Crippen molar-refractivity contribution in [3.8, 4) is 0 Å². The predicted octanol–water partition coefficient (Wildman–Crippen LogP) is 1.75. The molecule has 0 bridgehead atoms. The Bertz CT molecular complexity index is 216. The fourth-order valence-corrected chi connectivity index (χ4v) is 1.13. The summed E-state index contributed by atoms with van der Waals surface area (Å²) in [4.78, 5) is 0. The molecule has 0 amide bonds. The third-order valence-electron chi connectivity index (χ3n) is 1.77. The van der Waals surface area contributed by atoms with Gasteiger partial charge in [0.2, 0.25) is 0 Å². The molecule has 88 valence electrons. The van der Waals surface area contributed by atoms with Crippen LogP contribution in [0.15, 0.2) is 0 Å². The summed E-state index contributed by atoms with van der Waals surface area (Å²) in [6, 6.07) is -0.160. The molecule has 2 atom stereocenters. The Morgan fingerprint density at radius 3 is 1.36 bits per heavy atom. The second-order valence-electron chi connectivity index (χ2n) is 2.95. The summed E-state index contributed by atoms with van der Waals surface area (Å²) >= 11 is 0. The summed E-state index contributed by atoms with van der Waals surface area (Å²) in [5.74, 6) is 0. The van der Waals surface area contributed by atoms with Crippen LogP contribution >= 0.6 is 0 Å². The van der Waals surface area contributed by atoms with Crippen LogP contribution in [0.25, 0.3) is 11.5 Å². The van der Waals surface area contributed by atoms with Crippen LogP contribution in [0.5, 0.6) is 0 Å². The first-order chi connectivity index (χ1) is 5.80. The van der Waals surface area contributed by atoms with Gasteiger partial charge in [0.15, 0.2) is 0 Å². The van der Waals surface area contributed by atoms with Crippen molar-refractivity contribution in [3.05, 3.63) is 11.5 Å². The van der Waals surface area contributed by atoms with E-state index in [-0.39, 0.29) is 33.1 Å². The first-order valence-corrected chi connectivity index (χ1v) is 5.32. The van der Waals surface area contributed by atoms with Crippen molar-refractivity contribution in [2.75, 3.05) is 0 Å². The van der Waals surface area contributed by atoms with E-state index in [2.05, 4.69) is 0 Å². The average molecular weight is 405 g/mol. The van der Waals surface area contributed by atoms with Crippen LogP contribution in [-0.2, 0) is 31.5 Å². The van der Waals surface area contributed by atoms with Gasteiger partial charge in [0.1, 0.15) is 0 Å². The minimum absolute atomic E-state index is 0. The summed E-state index contributed by atoms with van der Waals surface area (Å²) in [7, 11) is -4.67. The van der Waals surface area contributed by atoms with Gasteiger partial charge in [0.05, 0.1) is 0 Å². The second kappa shape index (κ2) is 7.73. The van der Waals surface area contributed by atoms with Crippen LogP contribution in [0, 0.1) is 0 Å². The van der Waals surface area contributed by atoms with Gasteiger partial charge in [-0.1, -0.05) is 25.7 Å². The molecule has 6 nitrogen and oxygen atoms in total. The molecule has 0 aliphatic heterocycles. The Kier molecular flexibility index (Phi) is 9.33. The molecule has 1 rings (SSSR count). The topological polar surface area (TPSA) is 122 Å². The van der Waals surface area contributed by atoms with Gasteiger partial charge < -0.3 is 11.5 Å². The molecular weight excluding hydrogens is 391 g/mol. The Labute approximate surface area is 98.3 Å². The van der Waals surface area contributed by atoms with Gasteiger partial charge in [-0.3, -0.25) is 9.11 Å². The van der Waals surface area contributed by atoms with Crippen LogP contribution in [-0.4, -0.2) is 29.6 Å². The van der Waals surface area contributed by atoms with Crippen molar-refractivity contribution in [1.29, 1.82) is 0 Å². The van der Waals surface area contributed by atoms with E-state index >= 15 is 0 Å². The first kappa shape index (κ1) is 16.9. The summed E-state index contributed by atoms with van der Waals surface area (Å²) in [5.41, 5.74) is 14.6. The van der Waals surface area contributed by atoms with Gasteiger partial charge in [0.25, 0.3) is 0 Å². The molecule has 8 heteroatoms. The zero-order chi connectivity index (χ0) is 10.5. The molecule has 0 radical (unpaired) electrons. The van der Waals surface area contributed by atoms with Crippen molar-refractivity contribution >= 4 is 10.4 Å². The summed E-state index contributed by atoms with van der Waals surface area (Å²) in [5, 5.41) is 0. The molecule has 1 saturated carbocycles. The van der Waals surface area contributed by atoms with Crippen molar-refractivity contribution in [2.24, 2.45) is 0 Å². The van der Waals surface area contributed by atoms with E-state index in [1.54, 1.807) is 0 Å². The van der Waals surface area contributed by atoms with Crippen molar-refractivity contribution in [2.45, 2.75) is 37.8 Å². The maximum absolute atomic E-state index is 8.74. The number of hydrogen-bond acceptors (Lipinski definition) is 2. The SMILES string of the molecule is O=S(=O)(O)O.[NH-]C1CCCCC1[NH-].[Pt+2]. The average Bonchev–Trinajstić information content (AvgIpc) is 1.92. The molecule has 1 aliphatic rings. The fraction of sp³-hybridized carbons (Fsp3) is 1.00. The zero-order valence-corrected chi connectivity index (χ0v) is 10.5. The smallest absolute Gasteiger partial charge is 0.676 e. The summed E-state index contributed by atoms with van der Waals surface area (Å²) < 4.78 is 31.6. The van der Waals surface area contributed by atoms with Gasteiger partial charge in [-0.15, -0.1) is 0 Å². The molecule has 1 fully saturated rings. The number of hydrogen-bond donors (Lipinski definition) is 2. The van der Waals surface area contributed by atoms with Crippen LogP contribution < -0.4 is 0 Å². The van der Waals surface area contributed by atoms with E-state index in [4.69, 9.17) is 29.0 Å². The maximum atomic E-state index is 8.74. The van der Waals surface area contributed by atoms with Gasteiger partial charge in [0, 0.05) is 0 Å². The minimum atomic E-state index is -4.67. The Balaban J connectivity index is 0. The van der Waals surface area contributed by atoms with E-state index in [1.165, 1.54) is 12.8 Å². The predicted molar refractivity (Wildman–Crippen MR) is 48.9 cm³/mol. The Hall–Kier alpha value is 0.478. The van der Waals surface area contributed by atoms with Crippen molar-refractivity contribution < 1.29 is 38.6 Å². The van der Waals surface area contributed by atoms with E-state index < -0.39 is 10.4 Å². The molecule has 0 saturated heterocycles. The molecular formula is C6H14N2O4PtS. The summed E-state index contributed by atoms with van der Waals surface area (Å²) in [6.45, 7) is 0. The van der Waals surface area contributed by atoms with Gasteiger partial charge >= 0.3 is 31.5 Å². The normalized spacial score (nSPS) is 26.9. The Morgan fingerprint density at radius 1 is 1.00 bits per heavy atom. The van der Waals surface area contributed by atoms with Crippen LogP contribution in [0.2, 0.25) is 0 Å². The molecule has 4 N–H and O–H groups in total. The standard InChI is InChI=1S/C6H12N2.H2O4S.Pt/c7-5-3-1-2-4-6(5)8;1-5(2,3)4;/h5-8H,1-4H2;(H2,1,2,3,4);/q-2;;+2. The van der Waals surface area contributed by atoms with E-state index in [9.17, 15) is 0 Å². The van der Waals surface area contributed by atoms with Crippen LogP contribution in [0.4, 0.5) is 0 Å². The number of rotatable bonds is 0. The molecule has 0 aromatic heterocycles. The van der Waals surface area contributed by atoms with Crippen LogP contribution in [0.1, 0.15) is 25.7 Å². The molecule has 2 unspecified atom stereocenters. The van der Waals surface area contributed by atoms with Gasteiger partial charge in [-0.05, 0) is 0 Å². The molecule has 0 spiro atoms.